The maximum Gasteiger partial charge on any atom is 0.306 e. The van der Waals surface area contributed by atoms with Crippen LogP contribution >= 0.6 is 0 Å². The predicted octanol–water partition coefficient (Wildman–Crippen LogP) is 3.41. The molecule has 3 rings (SSSR count). The van der Waals surface area contributed by atoms with Gasteiger partial charge >= 0.3 is 5.97 Å². The lowest BCUT2D eigenvalue weighted by molar-refractivity contribution is -0.142. The first-order valence-corrected chi connectivity index (χ1v) is 9.63. The van der Waals surface area contributed by atoms with E-state index in [1.54, 1.807) is 28.8 Å². The van der Waals surface area contributed by atoms with Crippen LogP contribution in [-0.4, -0.2) is 39.6 Å². The van der Waals surface area contributed by atoms with Gasteiger partial charge in [0.2, 0.25) is 0 Å². The number of nitrogens with zero attached hydrogens (tertiary/aromatic N) is 3. The number of rotatable bonds is 8. The number of carbonyl (C=O) groups is 2. The van der Waals surface area contributed by atoms with Crippen LogP contribution in [-0.2, 0) is 16.0 Å². The minimum Gasteiger partial charge on any atom is -0.494 e. The van der Waals surface area contributed by atoms with Gasteiger partial charge in [0, 0.05) is 29.4 Å². The van der Waals surface area contributed by atoms with Gasteiger partial charge in [0.05, 0.1) is 12.3 Å². The van der Waals surface area contributed by atoms with Gasteiger partial charge in [-0.15, -0.1) is 0 Å². The van der Waals surface area contributed by atoms with Gasteiger partial charge in [-0.2, -0.15) is 5.10 Å². The summed E-state index contributed by atoms with van der Waals surface area (Å²) in [6.07, 6.45) is 0.654. The van der Waals surface area contributed by atoms with E-state index in [-0.39, 0.29) is 18.8 Å². The summed E-state index contributed by atoms with van der Waals surface area (Å²) in [6, 6.07) is 8.71. The van der Waals surface area contributed by atoms with Gasteiger partial charge < -0.3 is 9.47 Å². The zero-order valence-corrected chi connectivity index (χ0v) is 17.2. The second kappa shape index (κ2) is 8.86. The molecule has 0 unspecified atom stereocenters. The first-order chi connectivity index (χ1) is 13.9. The fraction of sp³-hybridized carbons (Fsp3) is 0.364. The third-order valence-electron chi connectivity index (χ3n) is 4.72. The molecule has 0 atom stereocenters. The van der Waals surface area contributed by atoms with Crippen LogP contribution in [0.1, 0.15) is 46.3 Å². The maximum absolute atomic E-state index is 12.2. The number of hydrogen-bond donors (Lipinski definition) is 0. The molecule has 0 saturated carbocycles. The largest absolute Gasteiger partial charge is 0.494 e. The van der Waals surface area contributed by atoms with Crippen LogP contribution in [0, 0.1) is 20.8 Å². The summed E-state index contributed by atoms with van der Waals surface area (Å²) in [6.45, 7) is 7.98. The molecular weight excluding hydrogens is 370 g/mol. The molecule has 3 aromatic rings. The van der Waals surface area contributed by atoms with Gasteiger partial charge in [0.25, 0.3) is 0 Å². The molecule has 0 aliphatic heterocycles. The summed E-state index contributed by atoms with van der Waals surface area (Å²) in [4.78, 5) is 28.9. The second-order valence-corrected chi connectivity index (χ2v) is 6.86. The van der Waals surface area contributed by atoms with Crippen LogP contribution in [0.15, 0.2) is 30.3 Å². The third kappa shape index (κ3) is 4.80. The van der Waals surface area contributed by atoms with E-state index in [9.17, 15) is 9.59 Å². The fourth-order valence-electron chi connectivity index (χ4n) is 3.24. The highest BCUT2D eigenvalue weighted by atomic mass is 16.5. The molecule has 0 N–H and O–H groups in total. The first kappa shape index (κ1) is 20.5. The van der Waals surface area contributed by atoms with Gasteiger partial charge in [0.15, 0.2) is 18.0 Å². The summed E-state index contributed by atoms with van der Waals surface area (Å²) < 4.78 is 12.3. The highest BCUT2D eigenvalue weighted by Gasteiger charge is 2.15. The monoisotopic (exact) mass is 395 g/mol. The zero-order chi connectivity index (χ0) is 21.0. The molecule has 0 fully saturated rings. The Morgan fingerprint density at radius 3 is 2.52 bits per heavy atom. The SMILES string of the molecule is CCOc1ccc(C(=O)COC(=O)CCc2c(C)nc3cc(C)nn3c2C)cc1. The molecule has 1 aromatic carbocycles. The molecule has 0 saturated heterocycles. The summed E-state index contributed by atoms with van der Waals surface area (Å²) >= 11 is 0. The van der Waals surface area contributed by atoms with E-state index in [1.807, 2.05) is 33.8 Å². The van der Waals surface area contributed by atoms with Crippen molar-refractivity contribution >= 4 is 17.4 Å². The zero-order valence-electron chi connectivity index (χ0n) is 17.2. The van der Waals surface area contributed by atoms with E-state index in [2.05, 4.69) is 10.1 Å². The number of ketones is 1. The molecule has 0 radical (unpaired) electrons. The second-order valence-electron chi connectivity index (χ2n) is 6.86. The number of aromatic nitrogens is 3. The molecule has 0 aliphatic carbocycles. The number of benzene rings is 1. The summed E-state index contributed by atoms with van der Waals surface area (Å²) in [5, 5.41) is 4.44. The molecule has 152 valence electrons. The van der Waals surface area contributed by atoms with Crippen molar-refractivity contribution in [1.82, 2.24) is 14.6 Å². The molecular formula is C22H25N3O4. The van der Waals surface area contributed by atoms with E-state index in [0.29, 0.717) is 24.3 Å². The Morgan fingerprint density at radius 1 is 1.10 bits per heavy atom. The van der Waals surface area contributed by atoms with Crippen molar-refractivity contribution in [1.29, 1.82) is 0 Å². The first-order valence-electron chi connectivity index (χ1n) is 9.63. The lowest BCUT2D eigenvalue weighted by Crippen LogP contribution is -2.15. The number of esters is 1. The van der Waals surface area contributed by atoms with E-state index in [0.717, 1.165) is 28.3 Å². The van der Waals surface area contributed by atoms with E-state index < -0.39 is 5.97 Å². The highest BCUT2D eigenvalue weighted by Crippen LogP contribution is 2.17. The fourth-order valence-corrected chi connectivity index (χ4v) is 3.24. The van der Waals surface area contributed by atoms with Crippen LogP contribution in [0.3, 0.4) is 0 Å². The van der Waals surface area contributed by atoms with Crippen LogP contribution in [0.5, 0.6) is 5.75 Å². The van der Waals surface area contributed by atoms with Gasteiger partial charge in [-0.3, -0.25) is 9.59 Å². The van der Waals surface area contributed by atoms with E-state index in [4.69, 9.17) is 9.47 Å². The van der Waals surface area contributed by atoms with Crippen LogP contribution in [0.4, 0.5) is 0 Å². The summed E-state index contributed by atoms with van der Waals surface area (Å²) in [7, 11) is 0. The number of Topliss-reactive ketones (excluding diaryl/α,β-unsaturated/α-hetero) is 1. The normalized spacial score (nSPS) is 10.9. The van der Waals surface area contributed by atoms with Crippen molar-refractivity contribution in [3.63, 3.8) is 0 Å². The summed E-state index contributed by atoms with van der Waals surface area (Å²) in [5.41, 5.74) is 4.97. The quantitative estimate of drug-likeness (QED) is 0.429. The molecule has 7 nitrogen and oxygen atoms in total. The van der Waals surface area contributed by atoms with Crippen molar-refractivity contribution < 1.29 is 19.1 Å². The topological polar surface area (TPSA) is 82.8 Å². The van der Waals surface area contributed by atoms with Crippen LogP contribution in [0.2, 0.25) is 0 Å². The number of ether oxygens (including phenoxy) is 2. The van der Waals surface area contributed by atoms with Crippen molar-refractivity contribution in [3.05, 3.63) is 58.5 Å². The number of hydrogen-bond acceptors (Lipinski definition) is 6. The van der Waals surface area contributed by atoms with Gasteiger partial charge in [0.1, 0.15) is 5.75 Å². The third-order valence-corrected chi connectivity index (χ3v) is 4.72. The van der Waals surface area contributed by atoms with Crippen molar-refractivity contribution in [2.45, 2.75) is 40.5 Å². The van der Waals surface area contributed by atoms with Crippen molar-refractivity contribution in [3.8, 4) is 5.75 Å². The Morgan fingerprint density at radius 2 is 1.83 bits per heavy atom. The van der Waals surface area contributed by atoms with Gasteiger partial charge in [-0.25, -0.2) is 9.50 Å². The van der Waals surface area contributed by atoms with E-state index >= 15 is 0 Å². The lowest BCUT2D eigenvalue weighted by Gasteiger charge is -2.11. The Balaban J connectivity index is 1.56. The maximum atomic E-state index is 12.2. The van der Waals surface area contributed by atoms with Gasteiger partial charge in [-0.1, -0.05) is 0 Å². The summed E-state index contributed by atoms with van der Waals surface area (Å²) in [5.74, 6) is 0.0356. The Labute approximate surface area is 169 Å². The number of carbonyl (C=O) groups excluding carboxylic acids is 2. The van der Waals surface area contributed by atoms with Crippen LogP contribution < -0.4 is 4.74 Å². The average Bonchev–Trinajstić information content (AvgIpc) is 3.07. The molecule has 0 amide bonds. The Kier molecular flexibility index (Phi) is 6.26. The number of fused-ring (bicyclic) bond motifs is 1. The predicted molar refractivity (Wildman–Crippen MR) is 108 cm³/mol. The van der Waals surface area contributed by atoms with Crippen molar-refractivity contribution in [2.24, 2.45) is 0 Å². The molecule has 0 spiro atoms. The molecule has 29 heavy (non-hydrogen) atoms. The molecule has 0 aliphatic rings. The molecule has 0 bridgehead atoms. The Hall–Kier alpha value is -3.22. The molecule has 7 heteroatoms. The van der Waals surface area contributed by atoms with E-state index in [1.165, 1.54) is 0 Å². The minimum atomic E-state index is -0.417. The van der Waals surface area contributed by atoms with Crippen molar-refractivity contribution in [2.75, 3.05) is 13.2 Å². The average molecular weight is 395 g/mol. The highest BCUT2D eigenvalue weighted by molar-refractivity contribution is 5.98. The molecule has 2 heterocycles. The standard InChI is InChI=1S/C22H25N3O4/c1-5-28-18-8-6-17(7-9-18)20(26)13-29-22(27)11-10-19-15(3)23-21-12-14(2)24-25(21)16(19)4/h6-9,12H,5,10-11,13H2,1-4H3. The van der Waals surface area contributed by atoms with Gasteiger partial charge in [-0.05, 0) is 63.9 Å². The minimum absolute atomic E-state index is 0.172. The smallest absolute Gasteiger partial charge is 0.306 e. The lowest BCUT2D eigenvalue weighted by atomic mass is 10.1. The number of aryl methyl sites for hydroxylation is 3. The van der Waals surface area contributed by atoms with Crippen LogP contribution in [0.25, 0.3) is 5.65 Å². The Bertz CT molecular complexity index is 1040. The molecule has 2 aromatic heterocycles.